The van der Waals surface area contributed by atoms with Crippen molar-refractivity contribution in [2.24, 2.45) is 11.8 Å². The molecule has 5 nitrogen and oxygen atoms in total. The van der Waals surface area contributed by atoms with Gasteiger partial charge in [0, 0.05) is 47.8 Å². The number of phenols is 1. The first-order chi connectivity index (χ1) is 15.4. The number of piperidine rings is 1. The summed E-state index contributed by atoms with van der Waals surface area (Å²) in [7, 11) is 3.14. The van der Waals surface area contributed by atoms with Gasteiger partial charge in [0.2, 0.25) is 5.91 Å². The molecule has 4 rings (SSSR count). The SMILES string of the molecule is COc1cc(O)c(C(CC(=O)N2CC(C)C[C@H](C)C2)c2csc3ccccc23)c(OC)c1. The molecule has 0 aliphatic carbocycles. The average molecular weight is 454 g/mol. The van der Waals surface area contributed by atoms with Gasteiger partial charge in [0.1, 0.15) is 17.2 Å². The molecular formula is C26H31NO4S. The Labute approximate surface area is 193 Å². The Bertz CT molecular complexity index is 1100. The van der Waals surface area contributed by atoms with Crippen molar-refractivity contribution in [3.63, 3.8) is 0 Å². The van der Waals surface area contributed by atoms with Crippen LogP contribution in [0.15, 0.2) is 41.8 Å². The number of hydrogen-bond donors (Lipinski definition) is 1. The van der Waals surface area contributed by atoms with E-state index in [0.29, 0.717) is 28.9 Å². The highest BCUT2D eigenvalue weighted by atomic mass is 32.1. The third-order valence-corrected chi connectivity index (χ3v) is 7.37. The number of hydrogen-bond acceptors (Lipinski definition) is 5. The maximum atomic E-state index is 13.5. The number of nitrogens with zero attached hydrogens (tertiary/aromatic N) is 1. The van der Waals surface area contributed by atoms with Crippen LogP contribution in [0.2, 0.25) is 0 Å². The largest absolute Gasteiger partial charge is 0.507 e. The molecule has 1 fully saturated rings. The van der Waals surface area contributed by atoms with E-state index in [9.17, 15) is 9.90 Å². The van der Waals surface area contributed by atoms with Crippen molar-refractivity contribution in [3.8, 4) is 17.2 Å². The van der Waals surface area contributed by atoms with Gasteiger partial charge in [-0.05, 0) is 40.7 Å². The maximum Gasteiger partial charge on any atom is 0.223 e. The Morgan fingerprint density at radius 1 is 1.16 bits per heavy atom. The van der Waals surface area contributed by atoms with Crippen molar-refractivity contribution in [3.05, 3.63) is 52.9 Å². The molecule has 0 bridgehead atoms. The van der Waals surface area contributed by atoms with E-state index in [4.69, 9.17) is 9.47 Å². The summed E-state index contributed by atoms with van der Waals surface area (Å²) < 4.78 is 12.1. The van der Waals surface area contributed by atoms with Gasteiger partial charge in [0.15, 0.2) is 0 Å². The lowest BCUT2D eigenvalue weighted by Crippen LogP contribution is -2.43. The Morgan fingerprint density at radius 3 is 2.56 bits per heavy atom. The molecule has 3 aromatic rings. The number of carbonyl (C=O) groups is 1. The molecule has 6 heteroatoms. The van der Waals surface area contributed by atoms with Crippen molar-refractivity contribution in [2.45, 2.75) is 32.6 Å². The number of amides is 1. The van der Waals surface area contributed by atoms with Gasteiger partial charge in [-0.1, -0.05) is 32.0 Å². The average Bonchev–Trinajstić information content (AvgIpc) is 3.20. The van der Waals surface area contributed by atoms with Crippen LogP contribution in [-0.2, 0) is 4.79 Å². The van der Waals surface area contributed by atoms with Crippen molar-refractivity contribution < 1.29 is 19.4 Å². The lowest BCUT2D eigenvalue weighted by atomic mass is 9.85. The minimum Gasteiger partial charge on any atom is -0.507 e. The van der Waals surface area contributed by atoms with Crippen molar-refractivity contribution in [2.75, 3.05) is 27.3 Å². The van der Waals surface area contributed by atoms with Crippen LogP contribution in [0.5, 0.6) is 17.2 Å². The summed E-state index contributed by atoms with van der Waals surface area (Å²) in [5.74, 6) is 1.89. The third-order valence-electron chi connectivity index (χ3n) is 6.38. The molecule has 1 N–H and O–H groups in total. The van der Waals surface area contributed by atoms with Crippen LogP contribution in [0, 0.1) is 11.8 Å². The summed E-state index contributed by atoms with van der Waals surface area (Å²) >= 11 is 1.66. The smallest absolute Gasteiger partial charge is 0.223 e. The Kier molecular flexibility index (Phi) is 6.60. The van der Waals surface area contributed by atoms with Crippen LogP contribution in [-0.4, -0.2) is 43.2 Å². The fourth-order valence-corrected chi connectivity index (χ4v) is 6.05. The first-order valence-electron chi connectivity index (χ1n) is 11.1. The molecule has 0 saturated carbocycles. The quantitative estimate of drug-likeness (QED) is 0.524. The fraction of sp³-hybridized carbons (Fsp3) is 0.423. The molecule has 32 heavy (non-hydrogen) atoms. The molecule has 1 amide bonds. The van der Waals surface area contributed by atoms with Gasteiger partial charge in [-0.25, -0.2) is 0 Å². The summed E-state index contributed by atoms with van der Waals surface area (Å²) in [6, 6.07) is 11.6. The number of fused-ring (bicyclic) bond motifs is 1. The van der Waals surface area contributed by atoms with Crippen LogP contribution in [0.4, 0.5) is 0 Å². The van der Waals surface area contributed by atoms with Crippen LogP contribution in [0.1, 0.15) is 43.7 Å². The van der Waals surface area contributed by atoms with E-state index in [1.807, 2.05) is 17.0 Å². The van der Waals surface area contributed by atoms with E-state index in [1.165, 1.54) is 0 Å². The zero-order valence-corrected chi connectivity index (χ0v) is 19.9. The standard InChI is InChI=1S/C26H31NO4S/c1-16-9-17(2)14-27(13-16)25(29)12-20(21-15-32-24-8-6-5-7-19(21)24)26-22(28)10-18(30-3)11-23(26)31-4/h5-8,10-11,15-17,20,28H,9,12-14H2,1-4H3/t16-,17?,20?/m0/s1. The van der Waals surface area contributed by atoms with Crippen molar-refractivity contribution in [1.29, 1.82) is 0 Å². The maximum absolute atomic E-state index is 13.5. The van der Waals surface area contributed by atoms with Gasteiger partial charge in [0.25, 0.3) is 0 Å². The van der Waals surface area contributed by atoms with Gasteiger partial charge in [-0.3, -0.25) is 4.79 Å². The zero-order chi connectivity index (χ0) is 22.8. The van der Waals surface area contributed by atoms with Crippen LogP contribution < -0.4 is 9.47 Å². The lowest BCUT2D eigenvalue weighted by Gasteiger charge is -2.36. The lowest BCUT2D eigenvalue weighted by molar-refractivity contribution is -0.134. The number of phenolic OH excluding ortho intramolecular Hbond substituents is 1. The molecule has 170 valence electrons. The number of methoxy groups -OCH3 is 2. The summed E-state index contributed by atoms with van der Waals surface area (Å²) in [6.45, 7) is 5.98. The van der Waals surface area contributed by atoms with E-state index in [1.54, 1.807) is 37.7 Å². The third kappa shape index (κ3) is 4.42. The monoisotopic (exact) mass is 453 g/mol. The molecule has 2 heterocycles. The topological polar surface area (TPSA) is 59.0 Å². The minimum atomic E-state index is -0.327. The number of rotatable bonds is 6. The summed E-state index contributed by atoms with van der Waals surface area (Å²) in [5.41, 5.74) is 1.67. The van der Waals surface area contributed by atoms with E-state index in [2.05, 4.69) is 31.4 Å². The summed E-state index contributed by atoms with van der Waals surface area (Å²) in [5, 5.41) is 14.2. The first-order valence-corrected chi connectivity index (χ1v) is 12.0. The van der Waals surface area contributed by atoms with Crippen LogP contribution in [0.25, 0.3) is 10.1 Å². The highest BCUT2D eigenvalue weighted by Gasteiger charge is 2.32. The van der Waals surface area contributed by atoms with Gasteiger partial charge < -0.3 is 19.5 Å². The molecule has 2 unspecified atom stereocenters. The normalized spacial score (nSPS) is 19.7. The van der Waals surface area contributed by atoms with Gasteiger partial charge in [-0.15, -0.1) is 11.3 Å². The molecule has 1 aromatic heterocycles. The number of thiophene rings is 1. The van der Waals surface area contributed by atoms with Crippen molar-refractivity contribution >= 4 is 27.3 Å². The number of ether oxygens (including phenoxy) is 2. The van der Waals surface area contributed by atoms with E-state index >= 15 is 0 Å². The van der Waals surface area contributed by atoms with Gasteiger partial charge in [-0.2, -0.15) is 0 Å². The number of benzene rings is 2. The molecule has 1 aliphatic heterocycles. The summed E-state index contributed by atoms with van der Waals surface area (Å²) in [4.78, 5) is 15.5. The Balaban J connectivity index is 1.79. The molecular weight excluding hydrogens is 422 g/mol. The zero-order valence-electron chi connectivity index (χ0n) is 19.1. The summed E-state index contributed by atoms with van der Waals surface area (Å²) in [6.07, 6.45) is 1.42. The predicted molar refractivity (Wildman–Crippen MR) is 129 cm³/mol. The molecule has 1 aliphatic rings. The predicted octanol–water partition coefficient (Wildman–Crippen LogP) is 5.65. The van der Waals surface area contributed by atoms with Crippen molar-refractivity contribution in [1.82, 2.24) is 4.90 Å². The highest BCUT2D eigenvalue weighted by molar-refractivity contribution is 7.17. The number of aromatic hydroxyl groups is 1. The fourth-order valence-electron chi connectivity index (χ4n) is 5.03. The highest BCUT2D eigenvalue weighted by Crippen LogP contribution is 2.46. The van der Waals surface area contributed by atoms with E-state index in [0.717, 1.165) is 35.2 Å². The second-order valence-corrected chi connectivity index (χ2v) is 9.86. The molecule has 3 atom stereocenters. The van der Waals surface area contributed by atoms with Gasteiger partial charge in [0.05, 0.1) is 14.2 Å². The molecule has 2 aromatic carbocycles. The first kappa shape index (κ1) is 22.5. The Morgan fingerprint density at radius 2 is 1.88 bits per heavy atom. The number of likely N-dealkylation sites (tertiary alicyclic amines) is 1. The van der Waals surface area contributed by atoms with E-state index < -0.39 is 0 Å². The molecule has 0 radical (unpaired) electrons. The second-order valence-electron chi connectivity index (χ2n) is 8.95. The van der Waals surface area contributed by atoms with Gasteiger partial charge >= 0.3 is 0 Å². The number of carbonyl (C=O) groups excluding carboxylic acids is 1. The Hall–Kier alpha value is -2.73. The minimum absolute atomic E-state index is 0.0784. The van der Waals surface area contributed by atoms with Crippen LogP contribution >= 0.6 is 11.3 Å². The molecule has 1 saturated heterocycles. The van der Waals surface area contributed by atoms with Crippen LogP contribution in [0.3, 0.4) is 0 Å². The molecule has 0 spiro atoms. The second kappa shape index (κ2) is 9.41. The van der Waals surface area contributed by atoms with E-state index in [-0.39, 0.29) is 24.0 Å².